The van der Waals surface area contributed by atoms with Gasteiger partial charge in [-0.2, -0.15) is 0 Å². The number of nitrogens with zero attached hydrogens (tertiary/aromatic N) is 1. The molecule has 1 aliphatic heterocycles. The van der Waals surface area contributed by atoms with Crippen LogP contribution in [0.15, 0.2) is 0 Å². The maximum atomic E-state index is 11.4. The highest BCUT2D eigenvalue weighted by Gasteiger charge is 2.21. The number of piperazine rings is 1. The summed E-state index contributed by atoms with van der Waals surface area (Å²) >= 11 is 0. The van der Waals surface area contributed by atoms with Crippen molar-refractivity contribution < 1.29 is 4.79 Å². The summed E-state index contributed by atoms with van der Waals surface area (Å²) in [6.07, 6.45) is 5.41. The second-order valence-corrected chi connectivity index (χ2v) is 4.14. The Balaban J connectivity index is 1.69. The minimum Gasteiger partial charge on any atom is -0.340 e. The van der Waals surface area contributed by atoms with E-state index in [-0.39, 0.29) is 5.91 Å². The van der Waals surface area contributed by atoms with E-state index in [1.54, 1.807) is 0 Å². The van der Waals surface area contributed by atoms with E-state index in [1.165, 1.54) is 25.7 Å². The Hall–Kier alpha value is -0.570. The van der Waals surface area contributed by atoms with Gasteiger partial charge in [0.2, 0.25) is 5.91 Å². The van der Waals surface area contributed by atoms with E-state index in [9.17, 15) is 4.79 Å². The molecule has 3 nitrogen and oxygen atoms in total. The van der Waals surface area contributed by atoms with E-state index in [4.69, 9.17) is 0 Å². The van der Waals surface area contributed by atoms with Crippen molar-refractivity contribution >= 4 is 5.91 Å². The van der Waals surface area contributed by atoms with E-state index in [2.05, 4.69) is 5.32 Å². The molecule has 0 aromatic heterocycles. The molecule has 1 amide bonds. The maximum absolute atomic E-state index is 11.4. The van der Waals surface area contributed by atoms with Crippen molar-refractivity contribution in [3.05, 3.63) is 0 Å². The standard InChI is InChI=1S/C10H18N2O/c13-10-8-11-5-7-12(10)6-4-9-2-1-3-9/h9,11H,1-8H2. The number of amides is 1. The molecule has 1 N–H and O–H groups in total. The monoisotopic (exact) mass is 182 g/mol. The molecule has 0 spiro atoms. The third kappa shape index (κ3) is 2.21. The summed E-state index contributed by atoms with van der Waals surface area (Å²) in [5, 5.41) is 3.09. The minimum atomic E-state index is 0.283. The quantitative estimate of drug-likeness (QED) is 0.693. The van der Waals surface area contributed by atoms with Gasteiger partial charge in [-0.25, -0.2) is 0 Å². The van der Waals surface area contributed by atoms with Crippen molar-refractivity contribution in [2.24, 2.45) is 5.92 Å². The fourth-order valence-electron chi connectivity index (χ4n) is 2.00. The zero-order valence-electron chi connectivity index (χ0n) is 8.09. The molecule has 1 saturated carbocycles. The number of nitrogens with one attached hydrogen (secondary N) is 1. The lowest BCUT2D eigenvalue weighted by molar-refractivity contribution is -0.132. The van der Waals surface area contributed by atoms with Crippen molar-refractivity contribution in [2.75, 3.05) is 26.2 Å². The zero-order valence-corrected chi connectivity index (χ0v) is 8.09. The van der Waals surface area contributed by atoms with E-state index in [0.29, 0.717) is 6.54 Å². The van der Waals surface area contributed by atoms with Gasteiger partial charge in [0, 0.05) is 19.6 Å². The third-order valence-corrected chi connectivity index (χ3v) is 3.22. The summed E-state index contributed by atoms with van der Waals surface area (Å²) in [6, 6.07) is 0. The number of carbonyl (C=O) groups is 1. The van der Waals surface area contributed by atoms with Crippen LogP contribution in [-0.2, 0) is 4.79 Å². The summed E-state index contributed by atoms with van der Waals surface area (Å²) in [5.74, 6) is 1.20. The first-order valence-corrected chi connectivity index (χ1v) is 5.35. The lowest BCUT2D eigenvalue weighted by atomic mass is 9.83. The van der Waals surface area contributed by atoms with E-state index in [1.807, 2.05) is 4.90 Å². The first-order valence-electron chi connectivity index (χ1n) is 5.35. The van der Waals surface area contributed by atoms with Gasteiger partial charge in [-0.15, -0.1) is 0 Å². The van der Waals surface area contributed by atoms with E-state index >= 15 is 0 Å². The fraction of sp³-hybridized carbons (Fsp3) is 0.900. The molecule has 0 radical (unpaired) electrons. The first kappa shape index (κ1) is 9.00. The molecule has 0 bridgehead atoms. The molecule has 1 aliphatic carbocycles. The lowest BCUT2D eigenvalue weighted by Gasteiger charge is -2.31. The van der Waals surface area contributed by atoms with Crippen LogP contribution in [0, 0.1) is 5.92 Å². The Bertz CT molecular complexity index is 189. The van der Waals surface area contributed by atoms with Crippen LogP contribution in [0.3, 0.4) is 0 Å². The Labute approximate surface area is 79.5 Å². The van der Waals surface area contributed by atoms with Crippen LogP contribution in [0.5, 0.6) is 0 Å². The molecule has 13 heavy (non-hydrogen) atoms. The summed E-state index contributed by atoms with van der Waals surface area (Å²) in [7, 11) is 0. The molecule has 2 aliphatic rings. The number of carbonyl (C=O) groups excluding carboxylic acids is 1. The molecule has 3 heteroatoms. The zero-order chi connectivity index (χ0) is 9.10. The van der Waals surface area contributed by atoms with Crippen LogP contribution in [0.4, 0.5) is 0 Å². The molecule has 1 heterocycles. The van der Waals surface area contributed by atoms with Gasteiger partial charge in [-0.05, 0) is 12.3 Å². The number of rotatable bonds is 3. The summed E-state index contributed by atoms with van der Waals surface area (Å²) in [6.45, 7) is 3.41. The van der Waals surface area contributed by atoms with Crippen molar-refractivity contribution in [3.8, 4) is 0 Å². The second-order valence-electron chi connectivity index (χ2n) is 4.14. The van der Waals surface area contributed by atoms with Gasteiger partial charge in [-0.1, -0.05) is 19.3 Å². The van der Waals surface area contributed by atoms with Crippen molar-refractivity contribution in [2.45, 2.75) is 25.7 Å². The predicted octanol–water partition coefficient (Wildman–Crippen LogP) is 0.608. The summed E-state index contributed by atoms with van der Waals surface area (Å²) in [4.78, 5) is 13.4. The molecule has 74 valence electrons. The Morgan fingerprint density at radius 3 is 2.92 bits per heavy atom. The van der Waals surface area contributed by atoms with Gasteiger partial charge in [0.25, 0.3) is 0 Å². The third-order valence-electron chi connectivity index (χ3n) is 3.22. The molecular formula is C10H18N2O. The second kappa shape index (κ2) is 4.09. The smallest absolute Gasteiger partial charge is 0.236 e. The van der Waals surface area contributed by atoms with Crippen LogP contribution in [0.25, 0.3) is 0 Å². The number of hydrogen-bond donors (Lipinski definition) is 1. The molecule has 1 saturated heterocycles. The largest absolute Gasteiger partial charge is 0.340 e. The lowest BCUT2D eigenvalue weighted by Crippen LogP contribution is -2.48. The SMILES string of the molecule is O=C1CNCCN1CCC1CCC1. The predicted molar refractivity (Wildman–Crippen MR) is 51.4 cm³/mol. The van der Waals surface area contributed by atoms with E-state index in [0.717, 1.165) is 25.6 Å². The van der Waals surface area contributed by atoms with Crippen molar-refractivity contribution in [3.63, 3.8) is 0 Å². The van der Waals surface area contributed by atoms with Crippen LogP contribution in [0.1, 0.15) is 25.7 Å². The van der Waals surface area contributed by atoms with Crippen LogP contribution in [-0.4, -0.2) is 37.0 Å². The average molecular weight is 182 g/mol. The minimum absolute atomic E-state index is 0.283. The van der Waals surface area contributed by atoms with Crippen molar-refractivity contribution in [1.82, 2.24) is 10.2 Å². The molecule has 0 aromatic rings. The average Bonchev–Trinajstić information content (AvgIpc) is 2.05. The van der Waals surface area contributed by atoms with Gasteiger partial charge in [0.05, 0.1) is 6.54 Å². The maximum Gasteiger partial charge on any atom is 0.236 e. The fourth-order valence-corrected chi connectivity index (χ4v) is 2.00. The highest BCUT2D eigenvalue weighted by Crippen LogP contribution is 2.29. The molecule has 0 atom stereocenters. The van der Waals surface area contributed by atoms with Crippen molar-refractivity contribution in [1.29, 1.82) is 0 Å². The highest BCUT2D eigenvalue weighted by molar-refractivity contribution is 5.78. The van der Waals surface area contributed by atoms with Crippen LogP contribution >= 0.6 is 0 Å². The molecule has 0 aromatic carbocycles. The molecular weight excluding hydrogens is 164 g/mol. The molecule has 0 unspecified atom stereocenters. The topological polar surface area (TPSA) is 32.3 Å². The summed E-state index contributed by atoms with van der Waals surface area (Å²) < 4.78 is 0. The first-order chi connectivity index (χ1) is 6.36. The highest BCUT2D eigenvalue weighted by atomic mass is 16.2. The Kier molecular flexibility index (Phi) is 2.83. The van der Waals surface area contributed by atoms with E-state index < -0.39 is 0 Å². The van der Waals surface area contributed by atoms with Gasteiger partial charge >= 0.3 is 0 Å². The van der Waals surface area contributed by atoms with Gasteiger partial charge in [-0.3, -0.25) is 4.79 Å². The van der Waals surface area contributed by atoms with Gasteiger partial charge < -0.3 is 10.2 Å². The van der Waals surface area contributed by atoms with Gasteiger partial charge in [0.1, 0.15) is 0 Å². The Morgan fingerprint density at radius 2 is 2.31 bits per heavy atom. The van der Waals surface area contributed by atoms with Gasteiger partial charge in [0.15, 0.2) is 0 Å². The summed E-state index contributed by atoms with van der Waals surface area (Å²) in [5.41, 5.74) is 0. The van der Waals surface area contributed by atoms with Crippen LogP contribution < -0.4 is 5.32 Å². The molecule has 2 fully saturated rings. The Morgan fingerprint density at radius 1 is 1.46 bits per heavy atom. The van der Waals surface area contributed by atoms with Crippen LogP contribution in [0.2, 0.25) is 0 Å². The number of hydrogen-bond acceptors (Lipinski definition) is 2. The normalized spacial score (nSPS) is 24.6. The molecule has 2 rings (SSSR count).